The number of hydrogen-bond donors (Lipinski definition) is 1. The van der Waals surface area contributed by atoms with E-state index in [1.54, 1.807) is 16.8 Å². The van der Waals surface area contributed by atoms with Crippen LogP contribution in [0, 0.1) is 12.8 Å². The molecule has 0 saturated carbocycles. The second-order valence-electron chi connectivity index (χ2n) is 8.30. The van der Waals surface area contributed by atoms with Crippen molar-refractivity contribution >= 4 is 17.8 Å². The van der Waals surface area contributed by atoms with Gasteiger partial charge in [0.1, 0.15) is 12.6 Å². The maximum Gasteiger partial charge on any atom is 0.323 e. The van der Waals surface area contributed by atoms with Crippen LogP contribution in [0.4, 0.5) is 0 Å². The third-order valence-electron chi connectivity index (χ3n) is 6.06. The Hall–Kier alpha value is -2.67. The van der Waals surface area contributed by atoms with E-state index in [1.807, 2.05) is 39.0 Å². The number of ether oxygens (including phenoxy) is 1. The van der Waals surface area contributed by atoms with E-state index in [0.717, 1.165) is 16.7 Å². The van der Waals surface area contributed by atoms with Crippen molar-refractivity contribution in [2.75, 3.05) is 20.2 Å². The Bertz CT molecular complexity index is 864. The third-order valence-corrected chi connectivity index (χ3v) is 6.06. The van der Waals surface area contributed by atoms with Gasteiger partial charge in [-0.2, -0.15) is 0 Å². The van der Waals surface area contributed by atoms with Gasteiger partial charge in [-0.25, -0.2) is 0 Å². The fourth-order valence-corrected chi connectivity index (χ4v) is 4.32. The molecule has 2 aliphatic heterocycles. The molecule has 2 aliphatic rings. The van der Waals surface area contributed by atoms with Crippen LogP contribution in [0.1, 0.15) is 48.2 Å². The number of esters is 1. The molecule has 7 heteroatoms. The molecule has 1 unspecified atom stereocenters. The summed E-state index contributed by atoms with van der Waals surface area (Å²) in [5.74, 6) is -0.305. The Morgan fingerprint density at radius 3 is 2.70 bits per heavy atom. The largest absolute Gasteiger partial charge is 0.463 e. The van der Waals surface area contributed by atoms with Crippen molar-refractivity contribution in [2.24, 2.45) is 5.92 Å². The number of hydrogen-bond acceptors (Lipinski definition) is 5. The van der Waals surface area contributed by atoms with Crippen LogP contribution in [-0.2, 0) is 20.9 Å². The fourth-order valence-electron chi connectivity index (χ4n) is 4.32. The van der Waals surface area contributed by atoms with Crippen LogP contribution in [0.25, 0.3) is 0 Å². The zero-order chi connectivity index (χ0) is 22.0. The van der Waals surface area contributed by atoms with Gasteiger partial charge in [0.05, 0.1) is 12.6 Å². The number of carbonyl (C=O) groups is 3. The molecule has 0 aliphatic carbocycles. The summed E-state index contributed by atoms with van der Waals surface area (Å²) in [6.45, 7) is 10.9. The zero-order valence-corrected chi connectivity index (χ0v) is 18.2. The predicted octanol–water partition coefficient (Wildman–Crippen LogP) is 2.24. The Labute approximate surface area is 178 Å². The van der Waals surface area contributed by atoms with Gasteiger partial charge in [-0.15, -0.1) is 0 Å². The Morgan fingerprint density at radius 2 is 2.07 bits per heavy atom. The minimum atomic E-state index is -0.387. The number of benzene rings is 1. The summed E-state index contributed by atoms with van der Waals surface area (Å²) < 4.78 is 5.39. The van der Waals surface area contributed by atoms with Crippen molar-refractivity contribution in [3.05, 3.63) is 47.2 Å². The van der Waals surface area contributed by atoms with E-state index in [1.165, 1.54) is 0 Å². The van der Waals surface area contributed by atoms with Crippen molar-refractivity contribution in [1.29, 1.82) is 0 Å². The molecule has 0 bridgehead atoms. The molecule has 2 amide bonds. The monoisotopic (exact) mass is 413 g/mol. The lowest BCUT2D eigenvalue weighted by molar-refractivity contribution is -0.149. The number of nitrogens with one attached hydrogen (secondary N) is 1. The van der Waals surface area contributed by atoms with Crippen molar-refractivity contribution in [3.63, 3.8) is 0 Å². The lowest BCUT2D eigenvalue weighted by Gasteiger charge is -2.39. The van der Waals surface area contributed by atoms with Crippen molar-refractivity contribution in [1.82, 2.24) is 15.1 Å². The maximum atomic E-state index is 13.0. The fraction of sp³-hybridized carbons (Fsp3) is 0.522. The number of piperidine rings is 1. The average Bonchev–Trinajstić information content (AvgIpc) is 3.03. The highest BCUT2D eigenvalue weighted by Gasteiger charge is 2.39. The summed E-state index contributed by atoms with van der Waals surface area (Å²) in [6, 6.07) is 5.13. The molecule has 1 N–H and O–H groups in total. The molecule has 1 aromatic carbocycles. The third kappa shape index (κ3) is 4.12. The number of amides is 2. The molecule has 1 saturated heterocycles. The normalized spacial score (nSPS) is 20.0. The maximum absolute atomic E-state index is 13.0. The second kappa shape index (κ2) is 9.00. The van der Waals surface area contributed by atoms with Crippen LogP contribution in [0.5, 0.6) is 0 Å². The molecule has 2 heterocycles. The molecule has 7 nitrogen and oxygen atoms in total. The summed E-state index contributed by atoms with van der Waals surface area (Å²) >= 11 is 0. The molecular formula is C23H31N3O4. The average molecular weight is 414 g/mol. The summed E-state index contributed by atoms with van der Waals surface area (Å²) in [6.07, 6.45) is 0.893. The number of aryl methyl sites for hydroxylation is 1. The van der Waals surface area contributed by atoms with Gasteiger partial charge in [0, 0.05) is 24.2 Å². The Kier molecular flexibility index (Phi) is 6.61. The predicted molar refractivity (Wildman–Crippen MR) is 114 cm³/mol. The van der Waals surface area contributed by atoms with Gasteiger partial charge in [-0.1, -0.05) is 32.6 Å². The molecular weight excluding hydrogens is 382 g/mol. The number of carbonyl (C=O) groups excluding carboxylic acids is 3. The highest BCUT2D eigenvalue weighted by molar-refractivity contribution is 5.99. The Morgan fingerprint density at radius 1 is 1.33 bits per heavy atom. The van der Waals surface area contributed by atoms with Crippen molar-refractivity contribution < 1.29 is 19.1 Å². The van der Waals surface area contributed by atoms with Gasteiger partial charge in [0.15, 0.2) is 0 Å². The first-order valence-corrected chi connectivity index (χ1v) is 10.5. The second-order valence-corrected chi connectivity index (χ2v) is 8.30. The molecule has 0 spiro atoms. The molecule has 162 valence electrons. The van der Waals surface area contributed by atoms with Crippen molar-refractivity contribution in [3.8, 4) is 0 Å². The van der Waals surface area contributed by atoms with Gasteiger partial charge in [0.2, 0.25) is 5.91 Å². The molecule has 30 heavy (non-hydrogen) atoms. The molecule has 0 aromatic heterocycles. The highest BCUT2D eigenvalue weighted by Crippen LogP contribution is 2.33. The zero-order valence-electron chi connectivity index (χ0n) is 18.2. The molecule has 0 radical (unpaired) electrons. The quantitative estimate of drug-likeness (QED) is 0.694. The van der Waals surface area contributed by atoms with Crippen LogP contribution in [0.2, 0.25) is 0 Å². The first kappa shape index (κ1) is 22.0. The van der Waals surface area contributed by atoms with Gasteiger partial charge in [0.25, 0.3) is 5.91 Å². The number of likely N-dealkylation sites (tertiary alicyclic amines) is 1. The topological polar surface area (TPSA) is 79.0 Å². The van der Waals surface area contributed by atoms with Gasteiger partial charge in [-0.3, -0.25) is 14.4 Å². The molecule has 1 fully saturated rings. The SMILES string of the molecule is C=C1C(N2Cc3c(C)cccc3C2=O)CCC(=O)N1CCOC(=O)[C@@H](NC)C(C)C. The number of likely N-dealkylation sites (N-methyl/N-ethyl adjacent to an activating group) is 1. The molecule has 1 aromatic rings. The summed E-state index contributed by atoms with van der Waals surface area (Å²) in [4.78, 5) is 41.1. The lowest BCUT2D eigenvalue weighted by atomic mass is 10.00. The van der Waals surface area contributed by atoms with E-state index >= 15 is 0 Å². The van der Waals surface area contributed by atoms with E-state index in [9.17, 15) is 14.4 Å². The van der Waals surface area contributed by atoms with Gasteiger partial charge < -0.3 is 19.9 Å². The summed E-state index contributed by atoms with van der Waals surface area (Å²) in [7, 11) is 1.72. The molecule has 2 atom stereocenters. The van der Waals surface area contributed by atoms with E-state index < -0.39 is 0 Å². The van der Waals surface area contributed by atoms with E-state index in [0.29, 0.717) is 25.1 Å². The standard InChI is InChI=1S/C23H31N3O4/c1-14(2)21(24-5)23(29)30-12-11-25-16(4)19(9-10-20(25)27)26-13-18-15(3)7-6-8-17(18)22(26)28/h6-8,14,19,21,24H,4,9-13H2,1-3,5H3/t19?,21-/m0/s1. The number of rotatable bonds is 7. The van der Waals surface area contributed by atoms with E-state index in [2.05, 4.69) is 11.9 Å². The first-order valence-electron chi connectivity index (χ1n) is 10.5. The van der Waals surface area contributed by atoms with Gasteiger partial charge >= 0.3 is 5.97 Å². The lowest BCUT2D eigenvalue weighted by Crippen LogP contribution is -2.49. The first-order chi connectivity index (χ1) is 14.3. The van der Waals surface area contributed by atoms with Gasteiger partial charge in [-0.05, 0) is 43.5 Å². The minimum absolute atomic E-state index is 0.0191. The number of nitrogens with zero attached hydrogens (tertiary/aromatic N) is 2. The van der Waals surface area contributed by atoms with Crippen LogP contribution >= 0.6 is 0 Å². The molecule has 3 rings (SSSR count). The Balaban J connectivity index is 1.65. The minimum Gasteiger partial charge on any atom is -0.463 e. The number of fused-ring (bicyclic) bond motifs is 1. The summed E-state index contributed by atoms with van der Waals surface area (Å²) in [5.41, 5.74) is 3.45. The van der Waals surface area contributed by atoms with Crippen LogP contribution in [0.15, 0.2) is 30.5 Å². The van der Waals surface area contributed by atoms with Crippen molar-refractivity contribution in [2.45, 2.75) is 52.2 Å². The van der Waals surface area contributed by atoms with E-state index in [4.69, 9.17) is 4.74 Å². The highest BCUT2D eigenvalue weighted by atomic mass is 16.5. The van der Waals surface area contributed by atoms with Crippen LogP contribution < -0.4 is 5.32 Å². The van der Waals surface area contributed by atoms with Crippen LogP contribution in [-0.4, -0.2) is 59.9 Å². The van der Waals surface area contributed by atoms with E-state index in [-0.39, 0.29) is 48.9 Å². The smallest absolute Gasteiger partial charge is 0.323 e. The summed E-state index contributed by atoms with van der Waals surface area (Å²) in [5, 5.41) is 2.95. The van der Waals surface area contributed by atoms with Crippen LogP contribution in [0.3, 0.4) is 0 Å².